The summed E-state index contributed by atoms with van der Waals surface area (Å²) >= 11 is 0. The molecule has 15 heavy (non-hydrogen) atoms. The van der Waals surface area contributed by atoms with Gasteiger partial charge in [0.1, 0.15) is 6.10 Å². The number of hydrogen-bond donors (Lipinski definition) is 1. The zero-order valence-corrected chi connectivity index (χ0v) is 10.2. The van der Waals surface area contributed by atoms with E-state index in [9.17, 15) is 4.79 Å². The molecular formula is C12H23NO2. The fraction of sp³-hybridized carbons (Fsp3) is 0.750. The second-order valence-electron chi connectivity index (χ2n) is 3.91. The number of carbonyl (C=O) groups excluding carboxylic acids is 1. The smallest absolute Gasteiger partial charge is 0.407 e. The van der Waals surface area contributed by atoms with Crippen LogP contribution in [0.4, 0.5) is 4.79 Å². The molecule has 0 fully saturated rings. The molecule has 1 amide bonds. The first-order chi connectivity index (χ1) is 7.10. The number of carbonyl (C=O) groups is 1. The van der Waals surface area contributed by atoms with Crippen LogP contribution in [0, 0.1) is 0 Å². The number of nitrogens with one attached hydrogen (secondary N) is 1. The lowest BCUT2D eigenvalue weighted by Crippen LogP contribution is -2.33. The first kappa shape index (κ1) is 14.0. The first-order valence-corrected chi connectivity index (χ1v) is 5.70. The second-order valence-corrected chi connectivity index (χ2v) is 3.91. The summed E-state index contributed by atoms with van der Waals surface area (Å²) in [6, 6.07) is 0.120. The van der Waals surface area contributed by atoms with E-state index in [1.165, 1.54) is 0 Å². The van der Waals surface area contributed by atoms with E-state index in [1.54, 1.807) is 0 Å². The molecule has 0 saturated carbocycles. The highest BCUT2D eigenvalue weighted by Crippen LogP contribution is 2.07. The third-order valence-corrected chi connectivity index (χ3v) is 1.91. The van der Waals surface area contributed by atoms with Crippen LogP contribution >= 0.6 is 0 Å². The van der Waals surface area contributed by atoms with Gasteiger partial charge in [0.2, 0.25) is 0 Å². The summed E-state index contributed by atoms with van der Waals surface area (Å²) in [6.45, 7) is 7.89. The first-order valence-electron chi connectivity index (χ1n) is 5.70. The van der Waals surface area contributed by atoms with Crippen molar-refractivity contribution in [2.75, 3.05) is 0 Å². The van der Waals surface area contributed by atoms with Gasteiger partial charge in [-0.2, -0.15) is 0 Å². The van der Waals surface area contributed by atoms with Crippen molar-refractivity contribution in [1.29, 1.82) is 0 Å². The highest BCUT2D eigenvalue weighted by Gasteiger charge is 2.11. The monoisotopic (exact) mass is 213 g/mol. The number of allylic oxidation sites excluding steroid dienone is 1. The predicted molar refractivity (Wildman–Crippen MR) is 62.9 cm³/mol. The number of unbranched alkanes of at least 4 members (excludes halogenated alkanes) is 1. The maximum Gasteiger partial charge on any atom is 0.407 e. The number of amides is 1. The fourth-order valence-electron chi connectivity index (χ4n) is 1.22. The number of hydrogen-bond acceptors (Lipinski definition) is 2. The zero-order chi connectivity index (χ0) is 11.7. The highest BCUT2D eigenvalue weighted by molar-refractivity contribution is 5.67. The molecule has 0 aliphatic rings. The summed E-state index contributed by atoms with van der Waals surface area (Å²) in [4.78, 5) is 11.3. The fourth-order valence-corrected chi connectivity index (χ4v) is 1.22. The summed E-state index contributed by atoms with van der Waals surface area (Å²) in [5.74, 6) is 0. The van der Waals surface area contributed by atoms with Crippen molar-refractivity contribution < 1.29 is 9.53 Å². The summed E-state index contributed by atoms with van der Waals surface area (Å²) in [5.41, 5.74) is 0. The average Bonchev–Trinajstić information content (AvgIpc) is 2.13. The van der Waals surface area contributed by atoms with Crippen molar-refractivity contribution in [3.05, 3.63) is 12.2 Å². The largest absolute Gasteiger partial charge is 0.442 e. The Morgan fingerprint density at radius 1 is 1.47 bits per heavy atom. The van der Waals surface area contributed by atoms with Gasteiger partial charge in [0.05, 0.1) is 0 Å². The van der Waals surface area contributed by atoms with Crippen molar-refractivity contribution in [2.45, 2.75) is 59.1 Å². The minimum absolute atomic E-state index is 0.0892. The van der Waals surface area contributed by atoms with Crippen LogP contribution < -0.4 is 5.32 Å². The Morgan fingerprint density at radius 2 is 2.13 bits per heavy atom. The van der Waals surface area contributed by atoms with E-state index in [4.69, 9.17) is 4.74 Å². The van der Waals surface area contributed by atoms with Gasteiger partial charge >= 0.3 is 6.09 Å². The Labute approximate surface area is 92.9 Å². The summed E-state index contributed by atoms with van der Waals surface area (Å²) in [6.07, 6.45) is 6.51. The lowest BCUT2D eigenvalue weighted by Gasteiger charge is -2.15. The van der Waals surface area contributed by atoms with E-state index in [2.05, 4.69) is 12.2 Å². The van der Waals surface area contributed by atoms with Crippen LogP contribution in [0.15, 0.2) is 12.2 Å². The Morgan fingerprint density at radius 3 is 2.60 bits per heavy atom. The van der Waals surface area contributed by atoms with Gasteiger partial charge in [-0.3, -0.25) is 0 Å². The van der Waals surface area contributed by atoms with Crippen molar-refractivity contribution in [3.63, 3.8) is 0 Å². The van der Waals surface area contributed by atoms with Crippen LogP contribution in [0.2, 0.25) is 0 Å². The van der Waals surface area contributed by atoms with Crippen molar-refractivity contribution in [2.24, 2.45) is 0 Å². The minimum Gasteiger partial charge on any atom is -0.442 e. The molecule has 0 aliphatic carbocycles. The van der Waals surface area contributed by atoms with Crippen LogP contribution in [0.25, 0.3) is 0 Å². The van der Waals surface area contributed by atoms with Gasteiger partial charge in [0, 0.05) is 6.04 Å². The topological polar surface area (TPSA) is 38.3 Å². The molecule has 0 heterocycles. The average molecular weight is 213 g/mol. The molecule has 0 aromatic rings. The predicted octanol–water partition coefficient (Wildman–Crippen LogP) is 3.26. The molecule has 0 aromatic heterocycles. The maximum atomic E-state index is 11.3. The van der Waals surface area contributed by atoms with E-state index in [1.807, 2.05) is 32.9 Å². The molecule has 1 N–H and O–H groups in total. The van der Waals surface area contributed by atoms with Gasteiger partial charge in [-0.25, -0.2) is 4.79 Å². The van der Waals surface area contributed by atoms with Crippen molar-refractivity contribution in [1.82, 2.24) is 5.32 Å². The van der Waals surface area contributed by atoms with E-state index in [-0.39, 0.29) is 18.2 Å². The molecule has 0 saturated heterocycles. The van der Waals surface area contributed by atoms with Crippen LogP contribution in [0.1, 0.15) is 47.0 Å². The summed E-state index contributed by atoms with van der Waals surface area (Å²) in [7, 11) is 0. The Hall–Kier alpha value is -0.990. The lowest BCUT2D eigenvalue weighted by molar-refractivity contribution is 0.112. The van der Waals surface area contributed by atoms with E-state index < -0.39 is 0 Å². The van der Waals surface area contributed by atoms with Gasteiger partial charge in [0.25, 0.3) is 0 Å². The number of alkyl carbamates (subject to hydrolysis) is 1. The van der Waals surface area contributed by atoms with Crippen LogP contribution in [-0.4, -0.2) is 18.2 Å². The van der Waals surface area contributed by atoms with Crippen LogP contribution in [0.5, 0.6) is 0 Å². The van der Waals surface area contributed by atoms with E-state index in [0.717, 1.165) is 19.3 Å². The molecule has 3 nitrogen and oxygen atoms in total. The van der Waals surface area contributed by atoms with E-state index >= 15 is 0 Å². The molecule has 0 aromatic carbocycles. The van der Waals surface area contributed by atoms with Crippen LogP contribution in [-0.2, 0) is 4.74 Å². The molecule has 0 rings (SSSR count). The quantitative estimate of drug-likeness (QED) is 0.688. The molecular weight excluding hydrogens is 190 g/mol. The van der Waals surface area contributed by atoms with Gasteiger partial charge in [0.15, 0.2) is 0 Å². The Kier molecular flexibility index (Phi) is 7.78. The van der Waals surface area contributed by atoms with Crippen molar-refractivity contribution in [3.8, 4) is 0 Å². The molecule has 1 atom stereocenters. The zero-order valence-electron chi connectivity index (χ0n) is 10.2. The molecule has 88 valence electrons. The molecule has 0 radical (unpaired) electrons. The normalized spacial score (nSPS) is 13.1. The molecule has 0 spiro atoms. The third-order valence-electron chi connectivity index (χ3n) is 1.91. The molecule has 3 heteroatoms. The number of rotatable bonds is 6. The second kappa shape index (κ2) is 8.33. The van der Waals surface area contributed by atoms with Crippen LogP contribution in [0.3, 0.4) is 0 Å². The van der Waals surface area contributed by atoms with E-state index in [0.29, 0.717) is 0 Å². The van der Waals surface area contributed by atoms with Gasteiger partial charge in [-0.15, -0.1) is 0 Å². The Bertz CT molecular complexity index is 200. The molecule has 0 bridgehead atoms. The minimum atomic E-state index is -0.329. The Balaban J connectivity index is 3.98. The molecule has 0 aliphatic heterocycles. The summed E-state index contributed by atoms with van der Waals surface area (Å²) < 4.78 is 5.27. The number of ether oxygens (including phenoxy) is 1. The third kappa shape index (κ3) is 8.03. The maximum absolute atomic E-state index is 11.3. The SMILES string of the molecule is CC=CC(CCCC)OC(=O)NC(C)C. The van der Waals surface area contributed by atoms with Gasteiger partial charge in [-0.1, -0.05) is 19.4 Å². The molecule has 1 unspecified atom stereocenters. The summed E-state index contributed by atoms with van der Waals surface area (Å²) in [5, 5.41) is 2.71. The lowest BCUT2D eigenvalue weighted by atomic mass is 10.1. The van der Waals surface area contributed by atoms with Gasteiger partial charge in [-0.05, 0) is 39.7 Å². The standard InChI is InChI=1S/C12H23NO2/c1-5-7-9-11(8-6-2)15-12(14)13-10(3)4/h6,8,10-11H,5,7,9H2,1-4H3,(H,13,14). The van der Waals surface area contributed by atoms with Gasteiger partial charge < -0.3 is 10.1 Å². The highest BCUT2D eigenvalue weighted by atomic mass is 16.6. The van der Waals surface area contributed by atoms with Crippen molar-refractivity contribution >= 4 is 6.09 Å².